The van der Waals surface area contributed by atoms with Crippen LogP contribution in [0.2, 0.25) is 0 Å². The van der Waals surface area contributed by atoms with Crippen LogP contribution in [0.15, 0.2) is 12.7 Å². The molecule has 0 saturated heterocycles. The van der Waals surface area contributed by atoms with Crippen LogP contribution in [0.25, 0.3) is 0 Å². The predicted molar refractivity (Wildman–Crippen MR) is 109 cm³/mol. The van der Waals surface area contributed by atoms with Crippen molar-refractivity contribution >= 4 is 17.7 Å². The third-order valence-corrected chi connectivity index (χ3v) is 4.62. The van der Waals surface area contributed by atoms with E-state index in [0.29, 0.717) is 6.42 Å². The van der Waals surface area contributed by atoms with Crippen LogP contribution in [-0.4, -0.2) is 77.4 Å². The van der Waals surface area contributed by atoms with Crippen LogP contribution in [0.4, 0.5) is 0 Å². The molecule has 3 amide bonds. The van der Waals surface area contributed by atoms with Crippen molar-refractivity contribution in [1.29, 1.82) is 0 Å². The minimum atomic E-state index is -1.07. The highest BCUT2D eigenvalue weighted by atomic mass is 16.6. The number of nitro groups is 1. The van der Waals surface area contributed by atoms with Gasteiger partial charge in [-0.3, -0.25) is 24.5 Å². The number of likely N-dealkylation sites (N-methyl/N-ethyl adjacent to an activating group) is 2. The molecule has 10 nitrogen and oxygen atoms in total. The molecule has 0 bridgehead atoms. The molecule has 0 aromatic heterocycles. The minimum Gasteiger partial charge on any atom is -0.371 e. The Morgan fingerprint density at radius 2 is 1.83 bits per heavy atom. The molecule has 0 heterocycles. The molecule has 0 spiro atoms. The molecule has 0 radical (unpaired) electrons. The van der Waals surface area contributed by atoms with Gasteiger partial charge in [-0.1, -0.05) is 13.0 Å². The second-order valence-electron chi connectivity index (χ2n) is 7.55. The smallest absolute Gasteiger partial charge is 0.246 e. The van der Waals surface area contributed by atoms with Crippen LogP contribution in [0.3, 0.4) is 0 Å². The normalized spacial score (nSPS) is 13.3. The number of rotatable bonds is 14. The first-order valence-corrected chi connectivity index (χ1v) is 9.56. The monoisotopic (exact) mass is 414 g/mol. The largest absolute Gasteiger partial charge is 0.371 e. The number of amides is 3. The average Bonchev–Trinajstić information content (AvgIpc) is 2.63. The van der Waals surface area contributed by atoms with Crippen molar-refractivity contribution in [2.45, 2.75) is 64.1 Å². The molecular formula is C19H34N4O6. The lowest BCUT2D eigenvalue weighted by molar-refractivity contribution is -0.481. The molecule has 10 heteroatoms. The zero-order valence-corrected chi connectivity index (χ0v) is 18.1. The average molecular weight is 415 g/mol. The van der Waals surface area contributed by atoms with E-state index in [1.54, 1.807) is 19.9 Å². The van der Waals surface area contributed by atoms with E-state index in [2.05, 4.69) is 6.58 Å². The summed E-state index contributed by atoms with van der Waals surface area (Å²) in [6.07, 6.45) is 2.31. The van der Waals surface area contributed by atoms with Gasteiger partial charge >= 0.3 is 0 Å². The van der Waals surface area contributed by atoms with Gasteiger partial charge in [0, 0.05) is 38.3 Å². The number of carbonyl (C=O) groups is 3. The first kappa shape index (κ1) is 26.5. The lowest BCUT2D eigenvalue weighted by Crippen LogP contribution is -2.56. The molecule has 0 aliphatic carbocycles. The predicted octanol–water partition coefficient (Wildman–Crippen LogP) is 0.964. The highest BCUT2D eigenvalue weighted by molar-refractivity contribution is 5.91. The maximum atomic E-state index is 13.1. The fraction of sp³-hybridized carbons (Fsp3) is 0.737. The molecule has 0 saturated carbocycles. The molecule has 2 atom stereocenters. The van der Waals surface area contributed by atoms with Gasteiger partial charge in [0.15, 0.2) is 0 Å². The topological polar surface area (TPSA) is 136 Å². The summed E-state index contributed by atoms with van der Waals surface area (Å²) < 4.78 is 5.63. The van der Waals surface area contributed by atoms with Crippen LogP contribution in [-0.2, 0) is 19.1 Å². The van der Waals surface area contributed by atoms with E-state index in [1.807, 2.05) is 6.92 Å². The molecule has 0 fully saturated rings. The van der Waals surface area contributed by atoms with E-state index in [0.717, 1.165) is 4.90 Å². The number of nitrogens with zero attached hydrogens (tertiary/aromatic N) is 3. The quantitative estimate of drug-likeness (QED) is 0.255. The Balaban J connectivity index is 5.62. The highest BCUT2D eigenvalue weighted by Gasteiger charge is 2.37. The molecule has 166 valence electrons. The van der Waals surface area contributed by atoms with E-state index >= 15 is 0 Å². The van der Waals surface area contributed by atoms with Crippen LogP contribution < -0.4 is 5.73 Å². The summed E-state index contributed by atoms with van der Waals surface area (Å²) in [7, 11) is 2.84. The Morgan fingerprint density at radius 3 is 2.28 bits per heavy atom. The van der Waals surface area contributed by atoms with Crippen LogP contribution >= 0.6 is 0 Å². The summed E-state index contributed by atoms with van der Waals surface area (Å²) in [4.78, 5) is 50.1. The number of primary amides is 1. The summed E-state index contributed by atoms with van der Waals surface area (Å²) >= 11 is 0. The summed E-state index contributed by atoms with van der Waals surface area (Å²) in [6, 6.07) is -2.07. The van der Waals surface area contributed by atoms with E-state index in [9.17, 15) is 24.5 Å². The van der Waals surface area contributed by atoms with Crippen molar-refractivity contribution in [3.8, 4) is 0 Å². The Hall–Kier alpha value is -2.49. The zero-order valence-electron chi connectivity index (χ0n) is 18.1. The standard InChI is InChI=1S/C19H34N4O6/c1-7-9-16(24)21(5)14(10-11-23(27)28)18(26)22(6)15(17(20)25)13-19(3,4)29-12-8-2/h8,14-15H,2,7,9-13H2,1,3-6H3,(H2,20,25)/t14?,15-/m0/s1. The molecular weight excluding hydrogens is 380 g/mol. The molecule has 1 unspecified atom stereocenters. The van der Waals surface area contributed by atoms with Crippen LogP contribution in [0.5, 0.6) is 0 Å². The summed E-state index contributed by atoms with van der Waals surface area (Å²) in [5.74, 6) is -1.61. The van der Waals surface area contributed by atoms with Gasteiger partial charge < -0.3 is 20.3 Å². The van der Waals surface area contributed by atoms with Crippen LogP contribution in [0.1, 0.15) is 46.5 Å². The molecule has 0 rings (SSSR count). The van der Waals surface area contributed by atoms with Crippen molar-refractivity contribution in [1.82, 2.24) is 9.80 Å². The molecule has 0 aromatic carbocycles. The summed E-state index contributed by atoms with van der Waals surface area (Å²) in [5, 5.41) is 10.8. The third-order valence-electron chi connectivity index (χ3n) is 4.62. The van der Waals surface area contributed by atoms with Gasteiger partial charge in [0.2, 0.25) is 24.3 Å². The maximum Gasteiger partial charge on any atom is 0.246 e. The Kier molecular flexibility index (Phi) is 11.1. The SMILES string of the molecule is C=CCOC(C)(C)C[C@@H](C(N)=O)N(C)C(=O)C(CC[N+](=O)[O-])N(C)C(=O)CCC. The van der Waals surface area contributed by atoms with E-state index in [4.69, 9.17) is 10.5 Å². The van der Waals surface area contributed by atoms with E-state index in [1.165, 1.54) is 19.0 Å². The van der Waals surface area contributed by atoms with Gasteiger partial charge in [0.25, 0.3) is 0 Å². The summed E-state index contributed by atoms with van der Waals surface area (Å²) in [5.41, 5.74) is 4.74. The van der Waals surface area contributed by atoms with Gasteiger partial charge in [-0.25, -0.2) is 0 Å². The molecule has 29 heavy (non-hydrogen) atoms. The number of hydrogen-bond acceptors (Lipinski definition) is 6. The second-order valence-corrected chi connectivity index (χ2v) is 7.55. The van der Waals surface area contributed by atoms with Gasteiger partial charge in [-0.2, -0.15) is 0 Å². The lowest BCUT2D eigenvalue weighted by Gasteiger charge is -2.36. The van der Waals surface area contributed by atoms with E-state index in [-0.39, 0.29) is 31.8 Å². The second kappa shape index (κ2) is 12.2. The van der Waals surface area contributed by atoms with E-state index < -0.39 is 41.0 Å². The minimum absolute atomic E-state index is 0.118. The summed E-state index contributed by atoms with van der Waals surface area (Å²) in [6.45, 7) is 8.68. The lowest BCUT2D eigenvalue weighted by atomic mass is 9.96. The molecule has 0 aliphatic heterocycles. The van der Waals surface area contributed by atoms with Gasteiger partial charge in [0.1, 0.15) is 12.1 Å². The first-order valence-electron chi connectivity index (χ1n) is 9.56. The van der Waals surface area contributed by atoms with Gasteiger partial charge in [0.05, 0.1) is 12.2 Å². The number of nitrogens with two attached hydrogens (primary N) is 1. The third kappa shape index (κ3) is 9.03. The zero-order chi connectivity index (χ0) is 22.8. The van der Waals surface area contributed by atoms with Crippen molar-refractivity contribution in [3.05, 3.63) is 22.8 Å². The first-order chi connectivity index (χ1) is 13.4. The number of carbonyl (C=O) groups excluding carboxylic acids is 3. The Labute approximate surface area is 172 Å². The highest BCUT2D eigenvalue weighted by Crippen LogP contribution is 2.21. The number of hydrogen-bond donors (Lipinski definition) is 1. The Morgan fingerprint density at radius 1 is 1.24 bits per heavy atom. The molecule has 0 aromatic rings. The number of ether oxygens (including phenoxy) is 1. The van der Waals surface area contributed by atoms with Crippen LogP contribution in [0, 0.1) is 10.1 Å². The van der Waals surface area contributed by atoms with Crippen molar-refractivity contribution in [2.75, 3.05) is 27.2 Å². The fourth-order valence-electron chi connectivity index (χ4n) is 2.90. The van der Waals surface area contributed by atoms with Gasteiger partial charge in [-0.15, -0.1) is 6.58 Å². The van der Waals surface area contributed by atoms with Crippen molar-refractivity contribution in [3.63, 3.8) is 0 Å². The Bertz CT molecular complexity index is 608. The molecule has 2 N–H and O–H groups in total. The van der Waals surface area contributed by atoms with Crippen molar-refractivity contribution in [2.24, 2.45) is 5.73 Å². The van der Waals surface area contributed by atoms with Gasteiger partial charge in [-0.05, 0) is 20.3 Å². The van der Waals surface area contributed by atoms with Crippen molar-refractivity contribution < 1.29 is 24.0 Å². The molecule has 0 aliphatic rings. The maximum absolute atomic E-state index is 13.1. The fourth-order valence-corrected chi connectivity index (χ4v) is 2.90.